The number of carbonyl (C=O) groups is 2. The van der Waals surface area contributed by atoms with E-state index in [0.717, 1.165) is 5.56 Å². The van der Waals surface area contributed by atoms with Crippen LogP contribution < -0.4 is 14.8 Å². The SMILES string of the molecule is CCOc1ccc(CN(CC)CC(=O)Nc2ccc(C(=O)OC(C)C)cc2)cc1OC. The number of ether oxygens (including phenoxy) is 3. The van der Waals surface area contributed by atoms with Crippen LogP contribution in [0, 0.1) is 0 Å². The molecule has 0 aliphatic carbocycles. The van der Waals surface area contributed by atoms with Crippen LogP contribution in [0.1, 0.15) is 43.6 Å². The molecule has 0 spiro atoms. The van der Waals surface area contributed by atoms with E-state index in [4.69, 9.17) is 14.2 Å². The lowest BCUT2D eigenvalue weighted by molar-refractivity contribution is -0.117. The number of carbonyl (C=O) groups excluding carboxylic acids is 2. The summed E-state index contributed by atoms with van der Waals surface area (Å²) in [6.45, 7) is 9.66. The van der Waals surface area contributed by atoms with Crippen molar-refractivity contribution in [2.45, 2.75) is 40.3 Å². The molecule has 7 nitrogen and oxygen atoms in total. The number of rotatable bonds is 11. The van der Waals surface area contributed by atoms with E-state index in [9.17, 15) is 9.59 Å². The topological polar surface area (TPSA) is 77.1 Å². The van der Waals surface area contributed by atoms with Gasteiger partial charge in [-0.3, -0.25) is 9.69 Å². The molecule has 0 aliphatic heterocycles. The number of nitrogens with one attached hydrogen (secondary N) is 1. The number of nitrogens with zero attached hydrogens (tertiary/aromatic N) is 1. The first kappa shape index (κ1) is 24.2. The van der Waals surface area contributed by atoms with Gasteiger partial charge in [-0.25, -0.2) is 4.79 Å². The third kappa shape index (κ3) is 7.61. The van der Waals surface area contributed by atoms with Crippen LogP contribution >= 0.6 is 0 Å². The van der Waals surface area contributed by atoms with Gasteiger partial charge in [0.05, 0.1) is 31.9 Å². The third-order valence-electron chi connectivity index (χ3n) is 4.50. The maximum atomic E-state index is 12.5. The highest BCUT2D eigenvalue weighted by Crippen LogP contribution is 2.28. The van der Waals surface area contributed by atoms with Gasteiger partial charge in [-0.2, -0.15) is 0 Å². The zero-order valence-electron chi connectivity index (χ0n) is 18.9. The van der Waals surface area contributed by atoms with Crippen LogP contribution in [0.5, 0.6) is 11.5 Å². The Kier molecular flexibility index (Phi) is 9.34. The van der Waals surface area contributed by atoms with Crippen molar-refractivity contribution in [2.75, 3.05) is 32.1 Å². The minimum atomic E-state index is -0.379. The average molecular weight is 429 g/mol. The fourth-order valence-electron chi connectivity index (χ4n) is 3.00. The largest absolute Gasteiger partial charge is 0.493 e. The molecule has 1 N–H and O–H groups in total. The normalized spacial score (nSPS) is 10.8. The molecule has 0 heterocycles. The maximum absolute atomic E-state index is 12.5. The highest BCUT2D eigenvalue weighted by molar-refractivity contribution is 5.94. The zero-order valence-corrected chi connectivity index (χ0v) is 18.9. The molecule has 0 saturated carbocycles. The van der Waals surface area contributed by atoms with Gasteiger partial charge in [-0.05, 0) is 69.3 Å². The molecule has 0 radical (unpaired) electrons. The number of benzene rings is 2. The van der Waals surface area contributed by atoms with Crippen LogP contribution in [0.15, 0.2) is 42.5 Å². The first-order chi connectivity index (χ1) is 14.9. The standard InChI is InChI=1S/C24H32N2O5/c1-6-26(15-18-8-13-21(30-7-2)22(14-18)29-5)16-23(27)25-20-11-9-19(10-12-20)24(28)31-17(3)4/h8-14,17H,6-7,15-16H2,1-5H3,(H,25,27). The smallest absolute Gasteiger partial charge is 0.338 e. The van der Waals surface area contributed by atoms with Gasteiger partial charge in [0.15, 0.2) is 11.5 Å². The molecule has 7 heteroatoms. The van der Waals surface area contributed by atoms with Gasteiger partial charge in [-0.1, -0.05) is 13.0 Å². The lowest BCUT2D eigenvalue weighted by atomic mass is 10.2. The predicted molar refractivity (Wildman–Crippen MR) is 121 cm³/mol. The molecule has 0 aromatic heterocycles. The van der Waals surface area contributed by atoms with Gasteiger partial charge < -0.3 is 19.5 Å². The second-order valence-corrected chi connectivity index (χ2v) is 7.30. The van der Waals surface area contributed by atoms with Crippen molar-refractivity contribution < 1.29 is 23.8 Å². The van der Waals surface area contributed by atoms with Crippen molar-refractivity contribution in [3.8, 4) is 11.5 Å². The average Bonchev–Trinajstić information content (AvgIpc) is 2.74. The number of anilines is 1. The van der Waals surface area contributed by atoms with Crippen LogP contribution in [0.25, 0.3) is 0 Å². The highest BCUT2D eigenvalue weighted by Gasteiger charge is 2.13. The molecule has 0 saturated heterocycles. The van der Waals surface area contributed by atoms with E-state index < -0.39 is 0 Å². The summed E-state index contributed by atoms with van der Waals surface area (Å²) in [4.78, 5) is 26.5. The van der Waals surface area contributed by atoms with Gasteiger partial charge in [0.1, 0.15) is 0 Å². The summed E-state index contributed by atoms with van der Waals surface area (Å²) in [5, 5.41) is 2.87. The molecular formula is C24H32N2O5. The van der Waals surface area contributed by atoms with Gasteiger partial charge in [0.2, 0.25) is 5.91 Å². The first-order valence-electron chi connectivity index (χ1n) is 10.5. The van der Waals surface area contributed by atoms with E-state index in [1.165, 1.54) is 0 Å². The number of esters is 1. The van der Waals surface area contributed by atoms with Crippen molar-refractivity contribution in [3.63, 3.8) is 0 Å². The number of amides is 1. The molecule has 0 fully saturated rings. The third-order valence-corrected chi connectivity index (χ3v) is 4.50. The van der Waals surface area contributed by atoms with Crippen molar-refractivity contribution in [1.29, 1.82) is 0 Å². The van der Waals surface area contributed by atoms with E-state index in [2.05, 4.69) is 5.32 Å². The number of methoxy groups -OCH3 is 1. The Morgan fingerprint density at radius 3 is 2.32 bits per heavy atom. The van der Waals surface area contributed by atoms with E-state index in [1.54, 1.807) is 45.2 Å². The summed E-state index contributed by atoms with van der Waals surface area (Å²) in [7, 11) is 1.61. The van der Waals surface area contributed by atoms with E-state index in [0.29, 0.717) is 42.4 Å². The van der Waals surface area contributed by atoms with Crippen LogP contribution in [0.2, 0.25) is 0 Å². The van der Waals surface area contributed by atoms with Crippen LogP contribution in [0.4, 0.5) is 5.69 Å². The van der Waals surface area contributed by atoms with Crippen molar-refractivity contribution in [3.05, 3.63) is 53.6 Å². The summed E-state index contributed by atoms with van der Waals surface area (Å²) in [5.41, 5.74) is 2.11. The summed E-state index contributed by atoms with van der Waals surface area (Å²) in [5.74, 6) is 0.874. The number of hydrogen-bond donors (Lipinski definition) is 1. The molecule has 168 valence electrons. The molecule has 2 aromatic carbocycles. The van der Waals surface area contributed by atoms with Crippen molar-refractivity contribution in [1.82, 2.24) is 4.90 Å². The van der Waals surface area contributed by atoms with Crippen LogP contribution in [0.3, 0.4) is 0 Å². The van der Waals surface area contributed by atoms with Gasteiger partial charge >= 0.3 is 5.97 Å². The van der Waals surface area contributed by atoms with Crippen molar-refractivity contribution >= 4 is 17.6 Å². The monoisotopic (exact) mass is 428 g/mol. The Bertz CT molecular complexity index is 865. The Balaban J connectivity index is 1.95. The lowest BCUT2D eigenvalue weighted by Crippen LogP contribution is -2.32. The predicted octanol–water partition coefficient (Wildman–Crippen LogP) is 4.12. The zero-order chi connectivity index (χ0) is 22.8. The number of likely N-dealkylation sites (N-methyl/N-ethyl adjacent to an activating group) is 1. The van der Waals surface area contributed by atoms with Crippen molar-refractivity contribution in [2.24, 2.45) is 0 Å². The minimum absolute atomic E-state index is 0.128. The van der Waals surface area contributed by atoms with E-state index >= 15 is 0 Å². The molecule has 2 aromatic rings. The molecule has 31 heavy (non-hydrogen) atoms. The Morgan fingerprint density at radius 1 is 1.03 bits per heavy atom. The fraction of sp³-hybridized carbons (Fsp3) is 0.417. The maximum Gasteiger partial charge on any atom is 0.338 e. The van der Waals surface area contributed by atoms with Crippen LogP contribution in [-0.2, 0) is 16.1 Å². The van der Waals surface area contributed by atoms with E-state index in [-0.39, 0.29) is 24.5 Å². The van der Waals surface area contributed by atoms with Gasteiger partial charge in [0, 0.05) is 12.2 Å². The molecule has 0 atom stereocenters. The lowest BCUT2D eigenvalue weighted by Gasteiger charge is -2.21. The molecule has 2 rings (SSSR count). The summed E-state index contributed by atoms with van der Waals surface area (Å²) < 4.78 is 16.1. The molecule has 0 unspecified atom stereocenters. The Morgan fingerprint density at radius 2 is 1.74 bits per heavy atom. The molecule has 0 aliphatic rings. The highest BCUT2D eigenvalue weighted by atomic mass is 16.5. The van der Waals surface area contributed by atoms with Gasteiger partial charge in [-0.15, -0.1) is 0 Å². The quantitative estimate of drug-likeness (QED) is 0.543. The molecular weight excluding hydrogens is 396 g/mol. The number of hydrogen-bond acceptors (Lipinski definition) is 6. The summed E-state index contributed by atoms with van der Waals surface area (Å²) in [6.07, 6.45) is -0.178. The van der Waals surface area contributed by atoms with Gasteiger partial charge in [0.25, 0.3) is 0 Å². The second-order valence-electron chi connectivity index (χ2n) is 7.30. The summed E-state index contributed by atoms with van der Waals surface area (Å²) in [6, 6.07) is 12.5. The first-order valence-corrected chi connectivity index (χ1v) is 10.5. The molecule has 1 amide bonds. The molecule has 0 bridgehead atoms. The summed E-state index contributed by atoms with van der Waals surface area (Å²) >= 11 is 0. The Labute approximate surface area is 184 Å². The Hall–Kier alpha value is -3.06. The fourth-order valence-corrected chi connectivity index (χ4v) is 3.00. The van der Waals surface area contributed by atoms with Crippen LogP contribution in [-0.4, -0.2) is 49.7 Å². The van der Waals surface area contributed by atoms with E-state index in [1.807, 2.05) is 36.9 Å². The second kappa shape index (κ2) is 12.0. The minimum Gasteiger partial charge on any atom is -0.493 e.